The Morgan fingerprint density at radius 1 is 0.587 bits per heavy atom. The Balaban J connectivity index is 1.41. The van der Waals surface area contributed by atoms with Crippen LogP contribution < -0.4 is 0 Å². The van der Waals surface area contributed by atoms with E-state index >= 15 is 0 Å². The van der Waals surface area contributed by atoms with Crippen molar-refractivity contribution in [2.75, 3.05) is 0 Å². The molecule has 222 valence electrons. The highest BCUT2D eigenvalue weighted by Crippen LogP contribution is 2.39. The van der Waals surface area contributed by atoms with E-state index in [0.717, 1.165) is 61.1 Å². The molecule has 8 aromatic rings. The van der Waals surface area contributed by atoms with Crippen LogP contribution in [0.5, 0.6) is 5.75 Å². The lowest BCUT2D eigenvalue weighted by Crippen LogP contribution is -2.12. The second-order valence-electron chi connectivity index (χ2n) is 13.0. The van der Waals surface area contributed by atoms with Crippen LogP contribution in [0.2, 0.25) is 0 Å². The van der Waals surface area contributed by atoms with Crippen molar-refractivity contribution in [3.05, 3.63) is 145 Å². The van der Waals surface area contributed by atoms with Gasteiger partial charge in [-0.3, -0.25) is 4.57 Å². The van der Waals surface area contributed by atoms with Gasteiger partial charge in [-0.15, -0.1) is 0 Å². The average molecular weight is 596 g/mol. The highest BCUT2D eigenvalue weighted by Gasteiger charge is 2.21. The maximum Gasteiger partial charge on any atom is 0.145 e. The second kappa shape index (κ2) is 10.7. The quantitative estimate of drug-likeness (QED) is 0.220. The molecule has 8 rings (SSSR count). The minimum absolute atomic E-state index is 0.118. The second-order valence-corrected chi connectivity index (χ2v) is 13.0. The molecule has 0 aliphatic carbocycles. The van der Waals surface area contributed by atoms with Crippen molar-refractivity contribution in [1.29, 1.82) is 0 Å². The van der Waals surface area contributed by atoms with E-state index in [2.05, 4.69) is 116 Å². The van der Waals surface area contributed by atoms with Gasteiger partial charge in [0, 0.05) is 33.8 Å². The van der Waals surface area contributed by atoms with E-state index in [9.17, 15) is 5.11 Å². The molecule has 0 saturated heterocycles. The maximum atomic E-state index is 11.3. The predicted octanol–water partition coefficient (Wildman–Crippen LogP) is 10.7. The lowest BCUT2D eigenvalue weighted by Gasteiger charge is -2.22. The van der Waals surface area contributed by atoms with Crippen LogP contribution in [0.3, 0.4) is 0 Å². The molecule has 46 heavy (non-hydrogen) atoms. The molecule has 0 amide bonds. The minimum atomic E-state index is -0.118. The molecule has 0 atom stereocenters. The molecule has 0 fully saturated rings. The molecule has 0 bridgehead atoms. The number of rotatable bonds is 4. The summed E-state index contributed by atoms with van der Waals surface area (Å²) >= 11 is 0. The molecule has 4 heteroatoms. The van der Waals surface area contributed by atoms with Crippen LogP contribution in [0.1, 0.15) is 26.3 Å². The van der Waals surface area contributed by atoms with Gasteiger partial charge in [0.05, 0.1) is 16.9 Å². The zero-order valence-corrected chi connectivity index (χ0v) is 26.1. The number of hydrogen-bond acceptors (Lipinski definition) is 3. The fourth-order valence-corrected chi connectivity index (χ4v) is 6.43. The first-order chi connectivity index (χ1) is 22.3. The highest BCUT2D eigenvalue weighted by atomic mass is 16.3. The average Bonchev–Trinajstić information content (AvgIpc) is 3.42. The van der Waals surface area contributed by atoms with E-state index in [1.807, 2.05) is 48.7 Å². The van der Waals surface area contributed by atoms with E-state index in [1.54, 1.807) is 0 Å². The predicted molar refractivity (Wildman–Crippen MR) is 191 cm³/mol. The van der Waals surface area contributed by atoms with Crippen molar-refractivity contribution in [3.8, 4) is 45.1 Å². The lowest BCUT2D eigenvalue weighted by molar-refractivity contribution is 0.478. The van der Waals surface area contributed by atoms with Crippen LogP contribution in [0.4, 0.5) is 0 Å². The summed E-state index contributed by atoms with van der Waals surface area (Å²) in [4.78, 5) is 10.1. The van der Waals surface area contributed by atoms with Crippen molar-refractivity contribution in [2.45, 2.75) is 26.2 Å². The molecule has 0 radical (unpaired) electrons. The molecule has 4 nitrogen and oxygen atoms in total. The van der Waals surface area contributed by atoms with Gasteiger partial charge in [0.25, 0.3) is 0 Å². The van der Waals surface area contributed by atoms with E-state index in [0.29, 0.717) is 5.56 Å². The summed E-state index contributed by atoms with van der Waals surface area (Å²) in [7, 11) is 0. The maximum absolute atomic E-state index is 11.3. The Bertz CT molecular complexity index is 2360. The number of benzene rings is 5. The summed E-state index contributed by atoms with van der Waals surface area (Å²) in [6.45, 7) is 6.73. The molecule has 0 aliphatic rings. The molecule has 3 heterocycles. The van der Waals surface area contributed by atoms with Gasteiger partial charge in [-0.25, -0.2) is 9.97 Å². The number of phenolic OH excluding ortho intramolecular Hbond substituents is 1. The molecular formula is C42H33N3O. The Hall–Kier alpha value is -5.74. The molecule has 5 aromatic carbocycles. The van der Waals surface area contributed by atoms with Crippen LogP contribution in [-0.4, -0.2) is 19.6 Å². The highest BCUT2D eigenvalue weighted by molar-refractivity contribution is 6.07. The first-order valence-corrected chi connectivity index (χ1v) is 15.6. The van der Waals surface area contributed by atoms with Crippen molar-refractivity contribution < 1.29 is 5.11 Å². The first-order valence-electron chi connectivity index (χ1n) is 15.6. The standard InChI is InChI=1S/C42H33N3O/c1-42(2,3)32-20-31(21-33(26-32)45-39-18-10-9-16-34(39)35-17-11-19-43-41(35)45)37-23-30(27-12-5-4-6-13-27)24-38(44-37)36-22-28-14-7-8-15-29(28)25-40(36)46/h4-26,46H,1-3H3. The van der Waals surface area contributed by atoms with Gasteiger partial charge < -0.3 is 5.11 Å². The molecular weight excluding hydrogens is 562 g/mol. The summed E-state index contributed by atoms with van der Waals surface area (Å²) < 4.78 is 2.26. The van der Waals surface area contributed by atoms with E-state index < -0.39 is 0 Å². The third-order valence-corrected chi connectivity index (χ3v) is 8.84. The summed E-state index contributed by atoms with van der Waals surface area (Å²) in [5.74, 6) is 0.211. The zero-order chi connectivity index (χ0) is 31.4. The smallest absolute Gasteiger partial charge is 0.145 e. The third kappa shape index (κ3) is 4.79. The van der Waals surface area contributed by atoms with Gasteiger partial charge in [0.15, 0.2) is 0 Å². The molecule has 3 aromatic heterocycles. The van der Waals surface area contributed by atoms with Crippen LogP contribution >= 0.6 is 0 Å². The van der Waals surface area contributed by atoms with Crippen LogP contribution in [0, 0.1) is 0 Å². The fraction of sp³-hybridized carbons (Fsp3) is 0.0952. The summed E-state index contributed by atoms with van der Waals surface area (Å²) in [6, 6.07) is 45.9. The van der Waals surface area contributed by atoms with Gasteiger partial charge >= 0.3 is 0 Å². The molecule has 0 unspecified atom stereocenters. The minimum Gasteiger partial charge on any atom is -0.507 e. The number of hydrogen-bond donors (Lipinski definition) is 1. The number of nitrogens with zero attached hydrogens (tertiary/aromatic N) is 3. The van der Waals surface area contributed by atoms with Gasteiger partial charge in [0.1, 0.15) is 11.4 Å². The number of phenols is 1. The van der Waals surface area contributed by atoms with Crippen molar-refractivity contribution in [3.63, 3.8) is 0 Å². The number of para-hydroxylation sites is 1. The Labute approximate surface area is 268 Å². The summed E-state index contributed by atoms with van der Waals surface area (Å²) in [5.41, 5.74) is 9.55. The Kier molecular flexibility index (Phi) is 6.47. The van der Waals surface area contributed by atoms with E-state index in [-0.39, 0.29) is 11.2 Å². The first kappa shape index (κ1) is 27.8. The normalized spacial score (nSPS) is 11.9. The van der Waals surface area contributed by atoms with Gasteiger partial charge in [-0.05, 0) is 93.5 Å². The van der Waals surface area contributed by atoms with Gasteiger partial charge in [-0.2, -0.15) is 0 Å². The number of fused-ring (bicyclic) bond motifs is 4. The zero-order valence-electron chi connectivity index (χ0n) is 26.1. The van der Waals surface area contributed by atoms with E-state index in [4.69, 9.17) is 9.97 Å². The fourth-order valence-electron chi connectivity index (χ4n) is 6.43. The molecule has 0 spiro atoms. The number of pyridine rings is 2. The van der Waals surface area contributed by atoms with Crippen molar-refractivity contribution in [1.82, 2.24) is 14.5 Å². The third-order valence-electron chi connectivity index (χ3n) is 8.84. The summed E-state index contributed by atoms with van der Waals surface area (Å²) in [6.07, 6.45) is 1.86. The van der Waals surface area contributed by atoms with Crippen molar-refractivity contribution in [2.24, 2.45) is 0 Å². The lowest BCUT2D eigenvalue weighted by atomic mass is 9.85. The molecule has 1 N–H and O–H groups in total. The Morgan fingerprint density at radius 2 is 1.28 bits per heavy atom. The number of aromatic nitrogens is 3. The summed E-state index contributed by atoms with van der Waals surface area (Å²) in [5, 5.41) is 15.6. The monoisotopic (exact) mass is 595 g/mol. The largest absolute Gasteiger partial charge is 0.507 e. The Morgan fingerprint density at radius 3 is 2.09 bits per heavy atom. The van der Waals surface area contributed by atoms with Crippen LogP contribution in [0.25, 0.3) is 72.0 Å². The van der Waals surface area contributed by atoms with Gasteiger partial charge in [0.2, 0.25) is 0 Å². The molecule has 0 saturated carbocycles. The van der Waals surface area contributed by atoms with Gasteiger partial charge in [-0.1, -0.05) is 93.6 Å². The topological polar surface area (TPSA) is 50.9 Å². The number of aromatic hydroxyl groups is 1. The van der Waals surface area contributed by atoms with Crippen molar-refractivity contribution >= 4 is 32.7 Å². The SMILES string of the molecule is CC(C)(C)c1cc(-c2cc(-c3ccccc3)cc(-c3cc4ccccc4cc3O)n2)cc(-n2c3ccccc3c3cccnc32)c1. The van der Waals surface area contributed by atoms with E-state index in [1.165, 1.54) is 10.9 Å². The molecule has 0 aliphatic heterocycles. The van der Waals surface area contributed by atoms with Crippen LogP contribution in [-0.2, 0) is 5.41 Å². The van der Waals surface area contributed by atoms with Crippen LogP contribution in [0.15, 0.2) is 140 Å².